The summed E-state index contributed by atoms with van der Waals surface area (Å²) in [7, 11) is 0. The lowest BCUT2D eigenvalue weighted by Crippen LogP contribution is -1.81. The van der Waals surface area contributed by atoms with Crippen molar-refractivity contribution in [3.8, 4) is 11.5 Å². The van der Waals surface area contributed by atoms with E-state index < -0.39 is 0 Å². The summed E-state index contributed by atoms with van der Waals surface area (Å²) in [5.74, 6) is 0.519. The molecule has 0 aliphatic carbocycles. The summed E-state index contributed by atoms with van der Waals surface area (Å²) >= 11 is 8.23. The number of halogens is 1. The maximum Gasteiger partial charge on any atom is 0.284 e. The highest BCUT2D eigenvalue weighted by Crippen LogP contribution is 2.23. The average Bonchev–Trinajstić information content (AvgIpc) is 2.57. The molecule has 5 heteroatoms. The minimum absolute atomic E-state index is 0.292. The van der Waals surface area contributed by atoms with Gasteiger partial charge < -0.3 is 4.42 Å². The molecule has 2 aromatic rings. The number of H-pyrrole nitrogens is 1. The fourth-order valence-corrected chi connectivity index (χ4v) is 1.50. The molecule has 1 heterocycles. The van der Waals surface area contributed by atoms with Crippen LogP contribution in [-0.4, -0.2) is 10.2 Å². The van der Waals surface area contributed by atoms with Gasteiger partial charge in [-0.3, -0.25) is 0 Å². The molecule has 0 saturated heterocycles. The van der Waals surface area contributed by atoms with Crippen LogP contribution >= 0.6 is 28.1 Å². The van der Waals surface area contributed by atoms with Crippen molar-refractivity contribution in [2.24, 2.45) is 0 Å². The number of nitrogens with one attached hydrogen (secondary N) is 1. The molecular formula is C9H7BrN2OS. The molecule has 72 valence electrons. The molecule has 3 nitrogen and oxygen atoms in total. The van der Waals surface area contributed by atoms with E-state index in [9.17, 15) is 0 Å². The molecule has 1 aromatic heterocycles. The lowest BCUT2D eigenvalue weighted by Gasteiger charge is -1.99. The van der Waals surface area contributed by atoms with Crippen LogP contribution in [-0.2, 0) is 0 Å². The van der Waals surface area contributed by atoms with Gasteiger partial charge in [-0.25, -0.2) is 5.10 Å². The first-order chi connectivity index (χ1) is 6.66. The molecule has 0 radical (unpaired) electrons. The van der Waals surface area contributed by atoms with Gasteiger partial charge in [0.05, 0.1) is 0 Å². The Morgan fingerprint density at radius 2 is 2.29 bits per heavy atom. The Bertz CT molecular complexity index is 518. The van der Waals surface area contributed by atoms with Gasteiger partial charge in [-0.1, -0.05) is 15.9 Å². The van der Waals surface area contributed by atoms with Crippen molar-refractivity contribution >= 4 is 28.1 Å². The van der Waals surface area contributed by atoms with Crippen LogP contribution < -0.4 is 0 Å². The van der Waals surface area contributed by atoms with Gasteiger partial charge in [0.25, 0.3) is 4.84 Å². The first-order valence-electron chi connectivity index (χ1n) is 3.99. The van der Waals surface area contributed by atoms with E-state index in [0.29, 0.717) is 10.7 Å². The molecule has 0 spiro atoms. The topological polar surface area (TPSA) is 41.8 Å². The van der Waals surface area contributed by atoms with Crippen LogP contribution in [0.2, 0.25) is 0 Å². The number of aromatic nitrogens is 2. The Hall–Kier alpha value is -0.940. The number of benzene rings is 1. The van der Waals surface area contributed by atoms with Gasteiger partial charge in [-0.05, 0) is 42.9 Å². The van der Waals surface area contributed by atoms with Gasteiger partial charge in [-0.2, -0.15) is 0 Å². The van der Waals surface area contributed by atoms with Crippen molar-refractivity contribution in [1.82, 2.24) is 10.2 Å². The van der Waals surface area contributed by atoms with Crippen molar-refractivity contribution in [2.75, 3.05) is 0 Å². The Balaban J connectivity index is 2.52. The van der Waals surface area contributed by atoms with E-state index in [0.717, 1.165) is 15.6 Å². The molecule has 1 N–H and O–H groups in total. The Labute approximate surface area is 94.3 Å². The molecule has 0 saturated carbocycles. The van der Waals surface area contributed by atoms with Crippen LogP contribution in [0, 0.1) is 11.8 Å². The maximum atomic E-state index is 5.20. The highest BCUT2D eigenvalue weighted by Gasteiger charge is 2.04. The molecule has 0 aliphatic rings. The summed E-state index contributed by atoms with van der Waals surface area (Å²) in [6.45, 7) is 2.01. The third-order valence-electron chi connectivity index (χ3n) is 1.84. The zero-order valence-electron chi connectivity index (χ0n) is 7.37. The van der Waals surface area contributed by atoms with Gasteiger partial charge in [0.15, 0.2) is 0 Å². The van der Waals surface area contributed by atoms with Crippen molar-refractivity contribution < 1.29 is 4.42 Å². The van der Waals surface area contributed by atoms with Crippen LogP contribution in [0.25, 0.3) is 11.5 Å². The van der Waals surface area contributed by atoms with Crippen LogP contribution in [0.4, 0.5) is 0 Å². The Morgan fingerprint density at radius 1 is 1.50 bits per heavy atom. The average molecular weight is 271 g/mol. The molecule has 1 aromatic carbocycles. The number of hydrogen-bond acceptors (Lipinski definition) is 3. The quantitative estimate of drug-likeness (QED) is 0.807. The van der Waals surface area contributed by atoms with E-state index in [1.165, 1.54) is 0 Å². The van der Waals surface area contributed by atoms with Gasteiger partial charge in [-0.15, -0.1) is 5.10 Å². The lowest BCUT2D eigenvalue weighted by atomic mass is 10.1. The predicted molar refractivity (Wildman–Crippen MR) is 59.6 cm³/mol. The number of aromatic amines is 1. The van der Waals surface area contributed by atoms with Crippen LogP contribution in [0.3, 0.4) is 0 Å². The second-order valence-corrected chi connectivity index (χ2v) is 4.11. The molecule has 0 aliphatic heterocycles. The van der Waals surface area contributed by atoms with E-state index in [1.54, 1.807) is 0 Å². The summed E-state index contributed by atoms with van der Waals surface area (Å²) in [5, 5.41) is 6.53. The number of nitrogens with zero attached hydrogens (tertiary/aromatic N) is 1. The highest BCUT2D eigenvalue weighted by molar-refractivity contribution is 9.10. The van der Waals surface area contributed by atoms with Crippen molar-refractivity contribution in [2.45, 2.75) is 6.92 Å². The molecule has 14 heavy (non-hydrogen) atoms. The zero-order chi connectivity index (χ0) is 10.1. The van der Waals surface area contributed by atoms with E-state index in [2.05, 4.69) is 26.1 Å². The molecule has 0 atom stereocenters. The van der Waals surface area contributed by atoms with E-state index in [-0.39, 0.29) is 0 Å². The third kappa shape index (κ3) is 1.78. The minimum atomic E-state index is 0.292. The van der Waals surface area contributed by atoms with Crippen molar-refractivity contribution in [1.29, 1.82) is 0 Å². The largest absolute Gasteiger partial charge is 0.409 e. The molecular weight excluding hydrogens is 264 g/mol. The van der Waals surface area contributed by atoms with E-state index >= 15 is 0 Å². The molecule has 2 rings (SSSR count). The molecule has 0 unspecified atom stereocenters. The smallest absolute Gasteiger partial charge is 0.284 e. The normalized spacial score (nSPS) is 10.4. The molecule has 0 fully saturated rings. The summed E-state index contributed by atoms with van der Waals surface area (Å²) in [4.78, 5) is 0.292. The lowest BCUT2D eigenvalue weighted by molar-refractivity contribution is 0.552. The molecule has 0 amide bonds. The molecule has 0 bridgehead atoms. The van der Waals surface area contributed by atoms with Gasteiger partial charge in [0.1, 0.15) is 0 Å². The Morgan fingerprint density at radius 3 is 2.86 bits per heavy atom. The second-order valence-electron chi connectivity index (χ2n) is 2.88. The minimum Gasteiger partial charge on any atom is -0.409 e. The zero-order valence-corrected chi connectivity index (χ0v) is 9.78. The van der Waals surface area contributed by atoms with Gasteiger partial charge in [0.2, 0.25) is 5.89 Å². The second kappa shape index (κ2) is 3.67. The van der Waals surface area contributed by atoms with Crippen LogP contribution in [0.1, 0.15) is 5.56 Å². The number of aryl methyl sites for hydroxylation is 1. The van der Waals surface area contributed by atoms with Gasteiger partial charge >= 0.3 is 0 Å². The summed E-state index contributed by atoms with van der Waals surface area (Å²) in [6, 6.07) is 5.86. The number of rotatable bonds is 1. The fraction of sp³-hybridized carbons (Fsp3) is 0.111. The number of hydrogen-bond donors (Lipinski definition) is 1. The van der Waals surface area contributed by atoms with Crippen molar-refractivity contribution in [3.63, 3.8) is 0 Å². The van der Waals surface area contributed by atoms with Crippen LogP contribution in [0.15, 0.2) is 27.1 Å². The SMILES string of the molecule is Cc1cc(-c2n[nH]c(=S)o2)ccc1Br. The Kier molecular flexibility index (Phi) is 2.52. The maximum absolute atomic E-state index is 5.20. The predicted octanol–water partition coefficient (Wildman–Crippen LogP) is 3.47. The van der Waals surface area contributed by atoms with Crippen molar-refractivity contribution in [3.05, 3.63) is 33.1 Å². The summed E-state index contributed by atoms with van der Waals surface area (Å²) in [5.41, 5.74) is 2.05. The van der Waals surface area contributed by atoms with Gasteiger partial charge in [0, 0.05) is 10.0 Å². The van der Waals surface area contributed by atoms with Crippen LogP contribution in [0.5, 0.6) is 0 Å². The summed E-state index contributed by atoms with van der Waals surface area (Å²) < 4.78 is 6.26. The van der Waals surface area contributed by atoms with E-state index in [4.69, 9.17) is 16.6 Å². The third-order valence-corrected chi connectivity index (χ3v) is 2.91. The first kappa shape index (κ1) is 9.61. The first-order valence-corrected chi connectivity index (χ1v) is 5.19. The monoisotopic (exact) mass is 270 g/mol. The summed E-state index contributed by atoms with van der Waals surface area (Å²) in [6.07, 6.45) is 0. The fourth-order valence-electron chi connectivity index (χ4n) is 1.13. The highest BCUT2D eigenvalue weighted by atomic mass is 79.9. The standard InChI is InChI=1S/C9H7BrN2OS/c1-5-4-6(2-3-7(5)10)8-11-12-9(14)13-8/h2-4H,1H3,(H,12,14). The van der Waals surface area contributed by atoms with E-state index in [1.807, 2.05) is 25.1 Å².